The van der Waals surface area contributed by atoms with Crippen LogP contribution < -0.4 is 10.6 Å². The monoisotopic (exact) mass is 438 g/mol. The molecule has 2 aliphatic heterocycles. The summed E-state index contributed by atoms with van der Waals surface area (Å²) in [5.74, 6) is 1.94. The number of rotatable bonds is 4. The fourth-order valence-electron chi connectivity index (χ4n) is 4.79. The van der Waals surface area contributed by atoms with Crippen LogP contribution in [0.3, 0.4) is 0 Å². The first-order valence-electron chi connectivity index (χ1n) is 11.2. The van der Waals surface area contributed by atoms with E-state index < -0.39 is 5.60 Å². The van der Waals surface area contributed by atoms with Gasteiger partial charge < -0.3 is 25.3 Å². The minimum atomic E-state index is -0.484. The average Bonchev–Trinajstić information content (AvgIpc) is 3.39. The summed E-state index contributed by atoms with van der Waals surface area (Å²) >= 11 is 0. The highest BCUT2D eigenvalue weighted by Crippen LogP contribution is 2.38. The van der Waals surface area contributed by atoms with E-state index in [0.717, 1.165) is 42.4 Å². The molecule has 0 saturated carbocycles. The van der Waals surface area contributed by atoms with Crippen LogP contribution in [0.1, 0.15) is 52.1 Å². The van der Waals surface area contributed by atoms with E-state index in [4.69, 9.17) is 9.72 Å². The lowest BCUT2D eigenvalue weighted by molar-refractivity contribution is 0.00682. The van der Waals surface area contributed by atoms with Gasteiger partial charge in [-0.3, -0.25) is 5.10 Å². The number of hydrogen-bond acceptors (Lipinski definition) is 7. The highest BCUT2D eigenvalue weighted by atomic mass is 16.6. The maximum Gasteiger partial charge on any atom is 0.410 e. The third-order valence-corrected chi connectivity index (χ3v) is 6.03. The Morgan fingerprint density at radius 1 is 1.22 bits per heavy atom. The molecule has 2 aliphatic rings. The van der Waals surface area contributed by atoms with Crippen LogP contribution in [0.15, 0.2) is 18.3 Å². The molecular formula is C22H30N8O2. The number of fused-ring (bicyclic) bond motifs is 3. The number of aromatic amines is 2. The highest BCUT2D eigenvalue weighted by molar-refractivity contribution is 5.88. The van der Waals surface area contributed by atoms with Gasteiger partial charge in [0.2, 0.25) is 5.95 Å². The first kappa shape index (κ1) is 20.6. The fourth-order valence-corrected chi connectivity index (χ4v) is 4.79. The van der Waals surface area contributed by atoms with Gasteiger partial charge in [-0.15, -0.1) is 0 Å². The van der Waals surface area contributed by atoms with Crippen molar-refractivity contribution in [2.45, 2.75) is 77.1 Å². The lowest BCUT2D eigenvalue weighted by atomic mass is 9.98. The number of H-pyrrole nitrogens is 2. The Kier molecular flexibility index (Phi) is 4.94. The van der Waals surface area contributed by atoms with Gasteiger partial charge in [0.15, 0.2) is 11.6 Å². The summed E-state index contributed by atoms with van der Waals surface area (Å²) in [6, 6.07) is 4.41. The van der Waals surface area contributed by atoms with E-state index in [0.29, 0.717) is 17.6 Å². The van der Waals surface area contributed by atoms with E-state index in [2.05, 4.69) is 30.8 Å². The predicted octanol–water partition coefficient (Wildman–Crippen LogP) is 4.08. The van der Waals surface area contributed by atoms with Crippen molar-refractivity contribution in [3.05, 3.63) is 24.0 Å². The minimum Gasteiger partial charge on any atom is -0.444 e. The number of aromatic nitrogens is 5. The van der Waals surface area contributed by atoms with Crippen LogP contribution in [-0.4, -0.2) is 59.9 Å². The maximum absolute atomic E-state index is 12.7. The van der Waals surface area contributed by atoms with Crippen LogP contribution in [0.4, 0.5) is 22.4 Å². The minimum absolute atomic E-state index is 0.182. The van der Waals surface area contributed by atoms with Gasteiger partial charge in [0, 0.05) is 36.1 Å². The van der Waals surface area contributed by atoms with Crippen LogP contribution in [0, 0.1) is 6.92 Å². The van der Waals surface area contributed by atoms with Crippen molar-refractivity contribution in [3.8, 4) is 0 Å². The van der Waals surface area contributed by atoms with Gasteiger partial charge in [-0.25, -0.2) is 9.78 Å². The third-order valence-electron chi connectivity index (χ3n) is 6.03. The van der Waals surface area contributed by atoms with Crippen LogP contribution >= 0.6 is 0 Å². The molecule has 10 heteroatoms. The van der Waals surface area contributed by atoms with Crippen molar-refractivity contribution >= 4 is 34.7 Å². The smallest absolute Gasteiger partial charge is 0.410 e. The van der Waals surface area contributed by atoms with Crippen LogP contribution in [0.25, 0.3) is 11.0 Å². The summed E-state index contributed by atoms with van der Waals surface area (Å²) < 4.78 is 5.65. The maximum atomic E-state index is 12.7. The molecule has 1 unspecified atom stereocenters. The number of nitrogens with one attached hydrogen (secondary N) is 4. The van der Waals surface area contributed by atoms with E-state index >= 15 is 0 Å². The standard InChI is InChI=1S/C22H30N8O2/c1-12-9-17(29-28-12)26-19-18-16(7-8-23-18)25-20(27-19)24-13-10-14-5-6-15(11-13)30(14)21(31)32-22(2,3)4/h7-9,13-15,23H,5-6,10-11H2,1-4H3,(H3,24,25,26,27,28,29)/t13?,14-,15+. The number of anilines is 3. The zero-order valence-corrected chi connectivity index (χ0v) is 18.9. The second-order valence-corrected chi connectivity index (χ2v) is 9.78. The molecule has 32 heavy (non-hydrogen) atoms. The molecule has 5 heterocycles. The Labute approximate surface area is 186 Å². The molecule has 2 fully saturated rings. The quantitative estimate of drug-likeness (QED) is 0.484. The molecule has 3 atom stereocenters. The van der Waals surface area contributed by atoms with E-state index in [9.17, 15) is 4.79 Å². The second kappa shape index (κ2) is 7.68. The van der Waals surface area contributed by atoms with Crippen LogP contribution in [0.2, 0.25) is 0 Å². The van der Waals surface area contributed by atoms with Crippen LogP contribution in [-0.2, 0) is 4.74 Å². The number of carbonyl (C=O) groups is 1. The van der Waals surface area contributed by atoms with Gasteiger partial charge >= 0.3 is 6.09 Å². The Morgan fingerprint density at radius 3 is 2.62 bits per heavy atom. The molecule has 0 radical (unpaired) electrons. The molecule has 3 aromatic rings. The molecule has 2 saturated heterocycles. The topological polar surface area (TPSA) is 124 Å². The normalized spacial score (nSPS) is 22.9. The van der Waals surface area contributed by atoms with Gasteiger partial charge in [0.1, 0.15) is 11.1 Å². The number of carbonyl (C=O) groups excluding carboxylic acids is 1. The van der Waals surface area contributed by atoms with Crippen LogP contribution in [0.5, 0.6) is 0 Å². The summed E-state index contributed by atoms with van der Waals surface area (Å²) in [4.78, 5) is 27.3. The zero-order valence-electron chi connectivity index (χ0n) is 18.9. The summed E-state index contributed by atoms with van der Waals surface area (Å²) in [6.45, 7) is 7.68. The van der Waals surface area contributed by atoms with Crippen molar-refractivity contribution < 1.29 is 9.53 Å². The Bertz CT molecular complexity index is 1120. The molecule has 10 nitrogen and oxygen atoms in total. The summed E-state index contributed by atoms with van der Waals surface area (Å²) in [5, 5.41) is 14.0. The predicted molar refractivity (Wildman–Crippen MR) is 122 cm³/mol. The van der Waals surface area contributed by atoms with Crippen molar-refractivity contribution in [2.24, 2.45) is 0 Å². The van der Waals surface area contributed by atoms with Gasteiger partial charge in [-0.1, -0.05) is 0 Å². The molecule has 0 aromatic carbocycles. The van der Waals surface area contributed by atoms with Gasteiger partial charge in [0.25, 0.3) is 0 Å². The van der Waals surface area contributed by atoms with Gasteiger partial charge in [0.05, 0.1) is 5.52 Å². The number of ether oxygens (including phenoxy) is 1. The Hall–Kier alpha value is -3.30. The Morgan fingerprint density at radius 2 is 1.97 bits per heavy atom. The summed E-state index contributed by atoms with van der Waals surface area (Å²) in [7, 11) is 0. The molecule has 5 rings (SSSR count). The van der Waals surface area contributed by atoms with E-state index in [1.165, 1.54) is 0 Å². The first-order chi connectivity index (χ1) is 15.2. The van der Waals surface area contributed by atoms with Crippen molar-refractivity contribution in [3.63, 3.8) is 0 Å². The average molecular weight is 439 g/mol. The van der Waals surface area contributed by atoms with E-state index in [1.54, 1.807) is 0 Å². The molecule has 3 aromatic heterocycles. The fraction of sp³-hybridized carbons (Fsp3) is 0.545. The summed E-state index contributed by atoms with van der Waals surface area (Å²) in [6.07, 6.45) is 5.37. The molecule has 170 valence electrons. The molecule has 4 N–H and O–H groups in total. The summed E-state index contributed by atoms with van der Waals surface area (Å²) in [5.41, 5.74) is 2.14. The second-order valence-electron chi connectivity index (χ2n) is 9.78. The molecular weight excluding hydrogens is 408 g/mol. The lowest BCUT2D eigenvalue weighted by Crippen LogP contribution is -2.51. The zero-order chi connectivity index (χ0) is 22.5. The van der Waals surface area contributed by atoms with Crippen molar-refractivity contribution in [1.29, 1.82) is 0 Å². The third kappa shape index (κ3) is 4.09. The van der Waals surface area contributed by atoms with Gasteiger partial charge in [-0.05, 0) is 59.4 Å². The van der Waals surface area contributed by atoms with Crippen molar-refractivity contribution in [1.82, 2.24) is 30.0 Å². The van der Waals surface area contributed by atoms with E-state index in [-0.39, 0.29) is 24.2 Å². The van der Waals surface area contributed by atoms with E-state index in [1.807, 2.05) is 50.9 Å². The first-order valence-corrected chi connectivity index (χ1v) is 11.2. The SMILES string of the molecule is Cc1cc(Nc2nc(NC3C[C@H]4CC[C@@H](C3)N4C(=O)OC(C)(C)C)nc3cc[nH]c23)n[nH]1. The molecule has 2 bridgehead atoms. The van der Waals surface area contributed by atoms with Gasteiger partial charge in [-0.2, -0.15) is 10.1 Å². The highest BCUT2D eigenvalue weighted by Gasteiger charge is 2.45. The Balaban J connectivity index is 1.32. The molecule has 0 spiro atoms. The number of nitrogens with zero attached hydrogens (tertiary/aromatic N) is 4. The number of piperidine rings is 1. The number of aryl methyl sites for hydroxylation is 1. The number of amides is 1. The molecule has 1 amide bonds. The van der Waals surface area contributed by atoms with Crippen molar-refractivity contribution in [2.75, 3.05) is 10.6 Å². The largest absolute Gasteiger partial charge is 0.444 e. The molecule has 0 aliphatic carbocycles. The number of hydrogen-bond donors (Lipinski definition) is 4. The lowest BCUT2D eigenvalue weighted by Gasteiger charge is -2.39.